The van der Waals surface area contributed by atoms with E-state index in [1.807, 2.05) is 6.92 Å². The van der Waals surface area contributed by atoms with Gasteiger partial charge in [-0.3, -0.25) is 9.59 Å². The van der Waals surface area contributed by atoms with Crippen molar-refractivity contribution < 1.29 is 19.1 Å². The van der Waals surface area contributed by atoms with Crippen LogP contribution >= 0.6 is 31.9 Å². The molecule has 0 saturated heterocycles. The van der Waals surface area contributed by atoms with E-state index in [-0.39, 0.29) is 11.8 Å². The van der Waals surface area contributed by atoms with Gasteiger partial charge in [-0.05, 0) is 32.6 Å². The molecule has 0 aromatic carbocycles. The first-order chi connectivity index (χ1) is 9.93. The summed E-state index contributed by atoms with van der Waals surface area (Å²) in [5, 5.41) is 0. The first kappa shape index (κ1) is 21.1. The van der Waals surface area contributed by atoms with Crippen LogP contribution in [0.2, 0.25) is 0 Å². The van der Waals surface area contributed by atoms with Gasteiger partial charge in [0, 0.05) is 13.7 Å². The molecule has 0 N–H and O–H groups in total. The number of alkyl halides is 2. The van der Waals surface area contributed by atoms with Crippen molar-refractivity contribution in [1.29, 1.82) is 0 Å². The van der Waals surface area contributed by atoms with Crippen LogP contribution in [0, 0.1) is 5.92 Å². The minimum absolute atomic E-state index is 0.0820. The van der Waals surface area contributed by atoms with Crippen LogP contribution in [0.25, 0.3) is 0 Å². The van der Waals surface area contributed by atoms with Crippen molar-refractivity contribution in [3.8, 4) is 0 Å². The molecule has 1 rings (SSSR count). The lowest BCUT2D eigenvalue weighted by atomic mass is 9.90. The van der Waals surface area contributed by atoms with Crippen LogP contribution in [-0.2, 0) is 19.1 Å². The fraction of sp³-hybridized carbons (Fsp3) is 0.867. The van der Waals surface area contributed by atoms with Gasteiger partial charge in [-0.1, -0.05) is 51.1 Å². The van der Waals surface area contributed by atoms with Crippen LogP contribution in [0.3, 0.4) is 0 Å². The largest absolute Gasteiger partial charge is 0.465 e. The molecule has 0 amide bonds. The topological polar surface area (TPSA) is 52.6 Å². The third-order valence-electron chi connectivity index (χ3n) is 3.35. The molecule has 1 saturated carbocycles. The van der Waals surface area contributed by atoms with Gasteiger partial charge in [0.15, 0.2) is 0 Å². The summed E-state index contributed by atoms with van der Waals surface area (Å²) in [6.45, 7) is 4.71. The first-order valence-electron chi connectivity index (χ1n) is 7.38. The molecular weight excluding hydrogens is 404 g/mol. The average molecular weight is 430 g/mol. The molecule has 0 aliphatic heterocycles. The number of hydrogen-bond acceptors (Lipinski definition) is 4. The molecule has 4 nitrogen and oxygen atoms in total. The number of carbonyl (C=O) groups excluding carboxylic acids is 2. The van der Waals surface area contributed by atoms with Gasteiger partial charge >= 0.3 is 5.97 Å². The summed E-state index contributed by atoms with van der Waals surface area (Å²) in [6.07, 6.45) is 6.04. The number of carbonyl (C=O) groups is 2. The lowest BCUT2D eigenvalue weighted by Gasteiger charge is -2.22. The molecule has 124 valence electrons. The molecule has 0 aromatic rings. The average Bonchev–Trinajstić information content (AvgIpc) is 2.52. The summed E-state index contributed by atoms with van der Waals surface area (Å²) < 4.78 is 9.79. The highest BCUT2D eigenvalue weighted by Crippen LogP contribution is 2.24. The van der Waals surface area contributed by atoms with E-state index in [9.17, 15) is 9.59 Å². The Morgan fingerprint density at radius 2 is 1.67 bits per heavy atom. The number of hydrogen-bond donors (Lipinski definition) is 0. The lowest BCUT2D eigenvalue weighted by Crippen LogP contribution is -2.32. The predicted octanol–water partition coefficient (Wildman–Crippen LogP) is 3.88. The quantitative estimate of drug-likeness (QED) is 0.474. The highest BCUT2D eigenvalue weighted by molar-refractivity contribution is 9.12. The van der Waals surface area contributed by atoms with E-state index in [4.69, 9.17) is 4.74 Å². The Hall–Kier alpha value is 0.0600. The molecule has 6 heteroatoms. The summed E-state index contributed by atoms with van der Waals surface area (Å²) in [4.78, 5) is 21.7. The van der Waals surface area contributed by atoms with E-state index in [0.29, 0.717) is 12.5 Å². The van der Waals surface area contributed by atoms with E-state index >= 15 is 0 Å². The molecule has 0 bridgehead atoms. The SMILES string of the molecule is CC(=O)C(Br)C(Br)C(=O)OCC1CCCCC1.CCOC. The van der Waals surface area contributed by atoms with Gasteiger partial charge in [0.1, 0.15) is 10.6 Å². The Morgan fingerprint density at radius 3 is 2.10 bits per heavy atom. The van der Waals surface area contributed by atoms with E-state index in [1.165, 1.54) is 26.2 Å². The van der Waals surface area contributed by atoms with Crippen LogP contribution in [0.5, 0.6) is 0 Å². The number of ketones is 1. The zero-order valence-electron chi connectivity index (χ0n) is 13.1. The Kier molecular flexibility index (Phi) is 12.6. The zero-order chi connectivity index (χ0) is 16.3. The highest BCUT2D eigenvalue weighted by Gasteiger charge is 2.29. The van der Waals surface area contributed by atoms with Crippen LogP contribution in [0.15, 0.2) is 0 Å². The number of ether oxygens (including phenoxy) is 2. The van der Waals surface area contributed by atoms with E-state index < -0.39 is 9.65 Å². The standard InChI is InChI=1S/C12H18Br2O3.C3H8O/c1-8(15)10(13)11(14)12(16)17-7-9-5-3-2-4-6-9;1-3-4-2/h9-11H,2-7H2,1H3;3H2,1-2H3. The summed E-state index contributed by atoms with van der Waals surface area (Å²) in [5.41, 5.74) is 0. The molecule has 0 radical (unpaired) electrons. The van der Waals surface area contributed by atoms with Gasteiger partial charge in [-0.25, -0.2) is 0 Å². The van der Waals surface area contributed by atoms with E-state index in [1.54, 1.807) is 7.11 Å². The molecule has 2 atom stereocenters. The molecule has 21 heavy (non-hydrogen) atoms. The van der Waals surface area contributed by atoms with E-state index in [2.05, 4.69) is 36.6 Å². The monoisotopic (exact) mass is 428 g/mol. The molecule has 2 unspecified atom stereocenters. The Labute approximate surface area is 144 Å². The van der Waals surface area contributed by atoms with Crippen LogP contribution in [0.4, 0.5) is 0 Å². The van der Waals surface area contributed by atoms with Crippen LogP contribution < -0.4 is 0 Å². The minimum Gasteiger partial charge on any atom is -0.465 e. The maximum atomic E-state index is 11.7. The first-order valence-corrected chi connectivity index (χ1v) is 9.21. The summed E-state index contributed by atoms with van der Waals surface area (Å²) in [5.74, 6) is 0.0626. The van der Waals surface area contributed by atoms with Gasteiger partial charge in [-0.2, -0.15) is 0 Å². The zero-order valence-corrected chi connectivity index (χ0v) is 16.2. The van der Waals surface area contributed by atoms with Crippen molar-refractivity contribution in [1.82, 2.24) is 0 Å². The van der Waals surface area contributed by atoms with Crippen LogP contribution in [-0.4, -0.2) is 41.7 Å². The smallest absolute Gasteiger partial charge is 0.321 e. The molecule has 1 fully saturated rings. The van der Waals surface area contributed by atoms with Crippen molar-refractivity contribution in [2.75, 3.05) is 20.3 Å². The molecule has 0 spiro atoms. The number of esters is 1. The Balaban J connectivity index is 0.000000885. The maximum Gasteiger partial charge on any atom is 0.321 e. The summed E-state index contributed by atoms with van der Waals surface area (Å²) in [7, 11) is 1.68. The van der Waals surface area contributed by atoms with Crippen molar-refractivity contribution in [3.63, 3.8) is 0 Å². The summed E-state index contributed by atoms with van der Waals surface area (Å²) >= 11 is 6.37. The van der Waals surface area contributed by atoms with Crippen molar-refractivity contribution >= 4 is 43.6 Å². The van der Waals surface area contributed by atoms with Gasteiger partial charge in [0.25, 0.3) is 0 Å². The highest BCUT2D eigenvalue weighted by atomic mass is 79.9. The third-order valence-corrected chi connectivity index (χ3v) is 6.13. The maximum absolute atomic E-state index is 11.7. The van der Waals surface area contributed by atoms with Gasteiger partial charge in [-0.15, -0.1) is 0 Å². The molecule has 1 aliphatic carbocycles. The number of rotatable bonds is 6. The fourth-order valence-electron chi connectivity index (χ4n) is 1.96. The van der Waals surface area contributed by atoms with Crippen molar-refractivity contribution in [2.24, 2.45) is 5.92 Å². The lowest BCUT2D eigenvalue weighted by molar-refractivity contribution is -0.145. The fourth-order valence-corrected chi connectivity index (χ4v) is 2.68. The van der Waals surface area contributed by atoms with E-state index in [0.717, 1.165) is 19.4 Å². The van der Waals surface area contributed by atoms with Crippen molar-refractivity contribution in [2.45, 2.75) is 55.6 Å². The number of methoxy groups -OCH3 is 1. The van der Waals surface area contributed by atoms with Crippen molar-refractivity contribution in [3.05, 3.63) is 0 Å². The third kappa shape index (κ3) is 9.63. The molecule has 1 aliphatic rings. The van der Waals surface area contributed by atoms with Crippen LogP contribution in [0.1, 0.15) is 46.0 Å². The second-order valence-electron chi connectivity index (χ2n) is 5.13. The second kappa shape index (κ2) is 12.6. The Morgan fingerprint density at radius 1 is 1.14 bits per heavy atom. The summed E-state index contributed by atoms with van der Waals surface area (Å²) in [6, 6.07) is 0. The number of Topliss-reactive ketones (excluding diaryl/α,β-unsaturated/α-hetero) is 1. The second-order valence-corrected chi connectivity index (χ2v) is 7.10. The Bertz CT molecular complexity index is 302. The van der Waals surface area contributed by atoms with Gasteiger partial charge in [0.05, 0.1) is 11.4 Å². The molecule has 0 aromatic heterocycles. The van der Waals surface area contributed by atoms with Gasteiger partial charge < -0.3 is 9.47 Å². The predicted molar refractivity (Wildman–Crippen MR) is 91.2 cm³/mol. The van der Waals surface area contributed by atoms with Gasteiger partial charge in [0.2, 0.25) is 0 Å². The number of halogens is 2. The molecular formula is C15H26Br2O4. The normalized spacial score (nSPS) is 18.1. The minimum atomic E-state index is -0.594. The molecule has 0 heterocycles.